The van der Waals surface area contributed by atoms with Gasteiger partial charge in [0.2, 0.25) is 0 Å². The Morgan fingerprint density at radius 3 is 1.95 bits per heavy atom. The van der Waals surface area contributed by atoms with Gasteiger partial charge >= 0.3 is 24.0 Å². The summed E-state index contributed by atoms with van der Waals surface area (Å²) in [5.41, 5.74) is 7.20. The summed E-state index contributed by atoms with van der Waals surface area (Å²) in [7, 11) is 0. The van der Waals surface area contributed by atoms with Crippen molar-refractivity contribution in [3.05, 3.63) is 0 Å². The van der Waals surface area contributed by atoms with Gasteiger partial charge in [-0.25, -0.2) is 20.0 Å². The zero-order valence-electron chi connectivity index (χ0n) is 11.6. The Morgan fingerprint density at radius 1 is 1.00 bits per heavy atom. The standard InChI is InChI=1S/C11H19N3O8/c12-4-2-1-3-7(10(19)20)14(11(21)22)13-6(9(17)18)5-8(15)16/h6-7,13H,1-5,12H2,(H,15,16)(H,17,18)(H,19,20)(H,21,22)/t6-,7-/m0/s1. The largest absolute Gasteiger partial charge is 0.481 e. The minimum Gasteiger partial charge on any atom is -0.481 e. The van der Waals surface area contributed by atoms with E-state index in [4.69, 9.17) is 26.2 Å². The maximum Gasteiger partial charge on any atom is 0.422 e. The lowest BCUT2D eigenvalue weighted by Gasteiger charge is -2.29. The summed E-state index contributed by atoms with van der Waals surface area (Å²) in [6, 6.07) is -3.33. The number of nitrogens with zero attached hydrogens (tertiary/aromatic N) is 1. The second-order valence-corrected chi connectivity index (χ2v) is 4.41. The Bertz CT molecular complexity index is 428. The predicted molar refractivity (Wildman–Crippen MR) is 71.0 cm³/mol. The van der Waals surface area contributed by atoms with Gasteiger partial charge in [0.15, 0.2) is 0 Å². The molecule has 0 radical (unpaired) electrons. The van der Waals surface area contributed by atoms with Gasteiger partial charge in [0.25, 0.3) is 0 Å². The van der Waals surface area contributed by atoms with Gasteiger partial charge in [-0.05, 0) is 25.8 Å². The molecule has 0 rings (SSSR count). The molecule has 0 unspecified atom stereocenters. The van der Waals surface area contributed by atoms with Crippen LogP contribution in [0.2, 0.25) is 0 Å². The number of hydrazine groups is 1. The highest BCUT2D eigenvalue weighted by Gasteiger charge is 2.33. The maximum absolute atomic E-state index is 11.2. The number of amides is 1. The Morgan fingerprint density at radius 2 is 1.59 bits per heavy atom. The van der Waals surface area contributed by atoms with E-state index >= 15 is 0 Å². The van der Waals surface area contributed by atoms with Crippen molar-refractivity contribution in [3.8, 4) is 0 Å². The van der Waals surface area contributed by atoms with Crippen LogP contribution in [0.15, 0.2) is 0 Å². The number of carbonyl (C=O) groups is 4. The minimum atomic E-state index is -1.77. The van der Waals surface area contributed by atoms with Crippen LogP contribution >= 0.6 is 0 Å². The third-order valence-electron chi connectivity index (χ3n) is 2.71. The Hall–Kier alpha value is -2.40. The molecule has 0 spiro atoms. The van der Waals surface area contributed by atoms with Crippen LogP contribution < -0.4 is 11.2 Å². The van der Waals surface area contributed by atoms with E-state index in [9.17, 15) is 19.2 Å². The summed E-state index contributed by atoms with van der Waals surface area (Å²) in [6.45, 7) is 0.295. The molecule has 22 heavy (non-hydrogen) atoms. The second-order valence-electron chi connectivity index (χ2n) is 4.41. The minimum absolute atomic E-state index is 0.0920. The Balaban J connectivity index is 5.12. The molecule has 1 amide bonds. The zero-order valence-corrected chi connectivity index (χ0v) is 11.6. The number of hydrogen-bond acceptors (Lipinski definition) is 6. The molecule has 126 valence electrons. The number of hydrogen-bond donors (Lipinski definition) is 6. The van der Waals surface area contributed by atoms with E-state index in [0.717, 1.165) is 0 Å². The fourth-order valence-corrected chi connectivity index (χ4v) is 1.65. The first-order valence-corrected chi connectivity index (χ1v) is 6.36. The SMILES string of the molecule is NCCCC[C@@H](C(=O)O)N(N[C@@H](CC(=O)O)C(=O)O)C(=O)O. The molecule has 0 aliphatic carbocycles. The highest BCUT2D eigenvalue weighted by Crippen LogP contribution is 2.09. The average molecular weight is 321 g/mol. The van der Waals surface area contributed by atoms with Crippen LogP contribution in [0.25, 0.3) is 0 Å². The molecule has 0 bridgehead atoms. The highest BCUT2D eigenvalue weighted by atomic mass is 16.4. The molecule has 11 nitrogen and oxygen atoms in total. The fourth-order valence-electron chi connectivity index (χ4n) is 1.65. The summed E-state index contributed by atoms with van der Waals surface area (Å²) in [6.07, 6.45) is -1.94. The molecule has 0 fully saturated rings. The van der Waals surface area contributed by atoms with E-state index in [1.807, 2.05) is 5.43 Å². The van der Waals surface area contributed by atoms with Crippen LogP contribution in [0.3, 0.4) is 0 Å². The number of nitrogens with two attached hydrogens (primary N) is 1. The van der Waals surface area contributed by atoms with E-state index in [1.165, 1.54) is 0 Å². The van der Waals surface area contributed by atoms with Gasteiger partial charge in [-0.15, -0.1) is 0 Å². The smallest absolute Gasteiger partial charge is 0.422 e. The van der Waals surface area contributed by atoms with Crippen LogP contribution in [-0.4, -0.2) is 68.1 Å². The lowest BCUT2D eigenvalue weighted by atomic mass is 10.1. The lowest BCUT2D eigenvalue weighted by molar-refractivity contribution is -0.150. The second kappa shape index (κ2) is 9.52. The van der Waals surface area contributed by atoms with Crippen molar-refractivity contribution in [2.24, 2.45) is 5.73 Å². The third kappa shape index (κ3) is 6.85. The van der Waals surface area contributed by atoms with Crippen molar-refractivity contribution in [2.75, 3.05) is 6.54 Å². The predicted octanol–water partition coefficient (Wildman–Crippen LogP) is -1.02. The molecule has 0 aliphatic heterocycles. The number of unbranched alkanes of at least 4 members (excludes halogenated alkanes) is 1. The first-order valence-electron chi connectivity index (χ1n) is 6.36. The molecule has 2 atom stereocenters. The van der Waals surface area contributed by atoms with E-state index in [1.54, 1.807) is 0 Å². The van der Waals surface area contributed by atoms with Gasteiger partial charge in [0.05, 0.1) is 6.42 Å². The highest BCUT2D eigenvalue weighted by molar-refractivity contribution is 5.82. The number of aliphatic carboxylic acids is 3. The van der Waals surface area contributed by atoms with Crippen LogP contribution in [0.4, 0.5) is 4.79 Å². The number of nitrogens with one attached hydrogen (secondary N) is 1. The molecule has 0 aromatic carbocycles. The first kappa shape index (κ1) is 19.6. The summed E-state index contributed by atoms with van der Waals surface area (Å²) >= 11 is 0. The van der Waals surface area contributed by atoms with Crippen LogP contribution in [0, 0.1) is 0 Å². The van der Waals surface area contributed by atoms with E-state index < -0.39 is 42.5 Å². The van der Waals surface area contributed by atoms with Crippen LogP contribution in [0.1, 0.15) is 25.7 Å². The van der Waals surface area contributed by atoms with Crippen molar-refractivity contribution in [1.29, 1.82) is 0 Å². The summed E-state index contributed by atoms with van der Waals surface area (Å²) in [5.74, 6) is -4.56. The van der Waals surface area contributed by atoms with Crippen molar-refractivity contribution in [1.82, 2.24) is 10.4 Å². The first-order chi connectivity index (χ1) is 10.2. The average Bonchev–Trinajstić information content (AvgIpc) is 2.39. The number of carboxylic acids is 3. The molecular formula is C11H19N3O8. The number of rotatable bonds is 11. The molecular weight excluding hydrogens is 302 g/mol. The van der Waals surface area contributed by atoms with Crippen LogP contribution in [-0.2, 0) is 14.4 Å². The third-order valence-corrected chi connectivity index (χ3v) is 2.71. The monoisotopic (exact) mass is 321 g/mol. The molecule has 0 aromatic rings. The van der Waals surface area contributed by atoms with Crippen LogP contribution in [0.5, 0.6) is 0 Å². The molecule has 0 aliphatic rings. The van der Waals surface area contributed by atoms with Gasteiger partial charge in [0, 0.05) is 0 Å². The van der Waals surface area contributed by atoms with E-state index in [-0.39, 0.29) is 11.4 Å². The molecule has 11 heteroatoms. The summed E-state index contributed by atoms with van der Waals surface area (Å²) in [4.78, 5) is 43.8. The molecule has 0 heterocycles. The Kier molecular flexibility index (Phi) is 8.48. The van der Waals surface area contributed by atoms with Crippen molar-refractivity contribution in [2.45, 2.75) is 37.8 Å². The van der Waals surface area contributed by atoms with E-state index in [2.05, 4.69) is 0 Å². The molecule has 0 saturated heterocycles. The van der Waals surface area contributed by atoms with Gasteiger partial charge in [0.1, 0.15) is 12.1 Å². The van der Waals surface area contributed by atoms with Gasteiger partial charge in [-0.2, -0.15) is 0 Å². The topological polar surface area (TPSA) is 190 Å². The molecule has 0 saturated carbocycles. The van der Waals surface area contributed by atoms with Gasteiger partial charge < -0.3 is 26.2 Å². The Labute approximate surface area is 125 Å². The maximum atomic E-state index is 11.2. The fraction of sp³-hybridized carbons (Fsp3) is 0.636. The summed E-state index contributed by atoms with van der Waals surface area (Å²) < 4.78 is 0. The van der Waals surface area contributed by atoms with Gasteiger partial charge in [-0.3, -0.25) is 9.59 Å². The van der Waals surface area contributed by atoms with Crippen molar-refractivity contribution >= 4 is 24.0 Å². The lowest BCUT2D eigenvalue weighted by Crippen LogP contribution is -2.57. The normalized spacial score (nSPS) is 13.1. The summed E-state index contributed by atoms with van der Waals surface area (Å²) in [5, 5.41) is 35.8. The molecule has 0 aromatic heterocycles. The van der Waals surface area contributed by atoms with Gasteiger partial charge in [-0.1, -0.05) is 0 Å². The quantitative estimate of drug-likeness (QED) is 0.203. The van der Waals surface area contributed by atoms with E-state index in [0.29, 0.717) is 19.4 Å². The van der Waals surface area contributed by atoms with Crippen molar-refractivity contribution in [3.63, 3.8) is 0 Å². The zero-order chi connectivity index (χ0) is 17.3. The van der Waals surface area contributed by atoms with Crippen molar-refractivity contribution < 1.29 is 39.6 Å². The molecule has 7 N–H and O–H groups in total. The number of carboxylic acid groups (broad SMARTS) is 4.